The number of rotatable bonds is 5. The van der Waals surface area contributed by atoms with Crippen LogP contribution in [0.2, 0.25) is 0 Å². The molecule has 128 valence electrons. The van der Waals surface area contributed by atoms with Gasteiger partial charge in [0.15, 0.2) is 0 Å². The SMILES string of the molecule is CCc1ccc(S(=O)(=O)N2CCC(Oc3ncccn3)CC2)cc1. The molecule has 0 bridgehead atoms. The number of hydrogen-bond donors (Lipinski definition) is 0. The highest BCUT2D eigenvalue weighted by molar-refractivity contribution is 7.89. The number of ether oxygens (including phenoxy) is 1. The molecule has 2 heterocycles. The van der Waals surface area contributed by atoms with Crippen LogP contribution in [0.5, 0.6) is 6.01 Å². The number of nitrogens with zero attached hydrogens (tertiary/aromatic N) is 3. The molecule has 0 spiro atoms. The van der Waals surface area contributed by atoms with Gasteiger partial charge >= 0.3 is 6.01 Å². The summed E-state index contributed by atoms with van der Waals surface area (Å²) in [5, 5.41) is 0. The summed E-state index contributed by atoms with van der Waals surface area (Å²) in [7, 11) is -3.44. The average Bonchev–Trinajstić information content (AvgIpc) is 2.63. The van der Waals surface area contributed by atoms with Crippen molar-refractivity contribution >= 4 is 10.0 Å². The first-order valence-electron chi connectivity index (χ1n) is 8.12. The number of piperidine rings is 1. The average molecular weight is 347 g/mol. The van der Waals surface area contributed by atoms with Crippen molar-refractivity contribution in [2.45, 2.75) is 37.2 Å². The van der Waals surface area contributed by atoms with Gasteiger partial charge in [-0.1, -0.05) is 19.1 Å². The van der Waals surface area contributed by atoms with Gasteiger partial charge in [-0.15, -0.1) is 0 Å². The second kappa shape index (κ2) is 7.27. The standard InChI is InChI=1S/C17H21N3O3S/c1-2-14-4-6-16(7-5-14)24(21,22)20-12-8-15(9-13-20)23-17-18-10-3-11-19-17/h3-7,10-11,15H,2,8-9,12-13H2,1H3. The lowest BCUT2D eigenvalue weighted by molar-refractivity contribution is 0.124. The number of aryl methyl sites for hydroxylation is 1. The van der Waals surface area contributed by atoms with Gasteiger partial charge in [0, 0.05) is 25.5 Å². The number of sulfonamides is 1. The molecule has 0 atom stereocenters. The van der Waals surface area contributed by atoms with Crippen LogP contribution in [0.15, 0.2) is 47.6 Å². The number of benzene rings is 1. The topological polar surface area (TPSA) is 72.4 Å². The largest absolute Gasteiger partial charge is 0.460 e. The zero-order valence-corrected chi connectivity index (χ0v) is 14.4. The minimum atomic E-state index is -3.44. The van der Waals surface area contributed by atoms with Crippen LogP contribution in [0.1, 0.15) is 25.3 Å². The van der Waals surface area contributed by atoms with E-state index in [1.807, 2.05) is 19.1 Å². The molecule has 1 aromatic carbocycles. The van der Waals surface area contributed by atoms with Crippen molar-refractivity contribution in [1.82, 2.24) is 14.3 Å². The maximum absolute atomic E-state index is 12.7. The first kappa shape index (κ1) is 16.9. The summed E-state index contributed by atoms with van der Waals surface area (Å²) in [6, 6.07) is 9.19. The molecule has 3 rings (SSSR count). The van der Waals surface area contributed by atoms with Crippen LogP contribution in [0.25, 0.3) is 0 Å². The van der Waals surface area contributed by atoms with Crippen molar-refractivity contribution in [3.63, 3.8) is 0 Å². The number of hydrogen-bond acceptors (Lipinski definition) is 5. The van der Waals surface area contributed by atoms with E-state index in [0.717, 1.165) is 12.0 Å². The molecule has 24 heavy (non-hydrogen) atoms. The van der Waals surface area contributed by atoms with E-state index in [0.29, 0.717) is 36.8 Å². The first-order chi connectivity index (χ1) is 11.6. The molecule has 1 aliphatic heterocycles. The summed E-state index contributed by atoms with van der Waals surface area (Å²) in [5.74, 6) is 0. The van der Waals surface area contributed by atoms with E-state index < -0.39 is 10.0 Å². The van der Waals surface area contributed by atoms with Crippen molar-refractivity contribution in [2.24, 2.45) is 0 Å². The molecule has 0 amide bonds. The Balaban J connectivity index is 1.62. The minimum Gasteiger partial charge on any atom is -0.460 e. The van der Waals surface area contributed by atoms with Crippen molar-refractivity contribution in [1.29, 1.82) is 0 Å². The Morgan fingerprint density at radius 2 is 1.75 bits per heavy atom. The fourth-order valence-electron chi connectivity index (χ4n) is 2.73. The molecule has 0 N–H and O–H groups in total. The third kappa shape index (κ3) is 3.73. The third-order valence-corrected chi connectivity index (χ3v) is 6.10. The van der Waals surface area contributed by atoms with Crippen LogP contribution in [-0.4, -0.2) is 41.9 Å². The summed E-state index contributed by atoms with van der Waals surface area (Å²) >= 11 is 0. The molecule has 2 aromatic rings. The van der Waals surface area contributed by atoms with Gasteiger partial charge in [0.2, 0.25) is 10.0 Å². The van der Waals surface area contributed by atoms with Crippen LogP contribution in [0.4, 0.5) is 0 Å². The van der Waals surface area contributed by atoms with Crippen molar-refractivity contribution in [3.05, 3.63) is 48.3 Å². The minimum absolute atomic E-state index is 0.0543. The lowest BCUT2D eigenvalue weighted by atomic mass is 10.1. The maximum atomic E-state index is 12.7. The predicted octanol–water partition coefficient (Wildman–Crippen LogP) is 2.27. The molecule has 0 saturated carbocycles. The lowest BCUT2D eigenvalue weighted by Gasteiger charge is -2.30. The summed E-state index contributed by atoms with van der Waals surface area (Å²) in [6.45, 7) is 2.93. The molecule has 1 aromatic heterocycles. The molecule has 1 aliphatic rings. The van der Waals surface area contributed by atoms with E-state index in [1.165, 1.54) is 4.31 Å². The highest BCUT2D eigenvalue weighted by Gasteiger charge is 2.30. The van der Waals surface area contributed by atoms with Crippen molar-refractivity contribution in [2.75, 3.05) is 13.1 Å². The van der Waals surface area contributed by atoms with Gasteiger partial charge < -0.3 is 4.74 Å². The highest BCUT2D eigenvalue weighted by atomic mass is 32.2. The van der Waals surface area contributed by atoms with Gasteiger partial charge in [0.1, 0.15) is 6.10 Å². The fraction of sp³-hybridized carbons (Fsp3) is 0.412. The highest BCUT2D eigenvalue weighted by Crippen LogP contribution is 2.23. The Morgan fingerprint density at radius 1 is 1.12 bits per heavy atom. The fourth-order valence-corrected chi connectivity index (χ4v) is 4.20. The van der Waals surface area contributed by atoms with Crippen LogP contribution in [-0.2, 0) is 16.4 Å². The van der Waals surface area contributed by atoms with Crippen LogP contribution < -0.4 is 4.74 Å². The number of aromatic nitrogens is 2. The van der Waals surface area contributed by atoms with Crippen molar-refractivity contribution in [3.8, 4) is 6.01 Å². The van der Waals surface area contributed by atoms with E-state index in [2.05, 4.69) is 9.97 Å². The second-order valence-electron chi connectivity index (χ2n) is 5.75. The van der Waals surface area contributed by atoms with Crippen molar-refractivity contribution < 1.29 is 13.2 Å². The molecular weight excluding hydrogens is 326 g/mol. The Bertz CT molecular complexity index is 755. The molecule has 7 heteroatoms. The Morgan fingerprint density at radius 3 is 2.33 bits per heavy atom. The molecule has 1 fully saturated rings. The molecule has 1 saturated heterocycles. The Hall–Kier alpha value is -1.99. The lowest BCUT2D eigenvalue weighted by Crippen LogP contribution is -2.41. The normalized spacial score (nSPS) is 16.9. The van der Waals surface area contributed by atoms with Gasteiger partial charge in [0.25, 0.3) is 0 Å². The summed E-state index contributed by atoms with van der Waals surface area (Å²) in [4.78, 5) is 8.43. The first-order valence-corrected chi connectivity index (χ1v) is 9.56. The van der Waals surface area contributed by atoms with Gasteiger partial charge in [-0.2, -0.15) is 4.31 Å². The second-order valence-corrected chi connectivity index (χ2v) is 7.69. The van der Waals surface area contributed by atoms with E-state index >= 15 is 0 Å². The van der Waals surface area contributed by atoms with Crippen LogP contribution in [0, 0.1) is 0 Å². The van der Waals surface area contributed by atoms with Gasteiger partial charge in [-0.05, 0) is 43.0 Å². The Labute approximate surface area is 142 Å². The molecule has 0 unspecified atom stereocenters. The summed E-state index contributed by atoms with van der Waals surface area (Å²) in [5.41, 5.74) is 1.13. The third-order valence-electron chi connectivity index (χ3n) is 4.18. The monoisotopic (exact) mass is 347 g/mol. The van der Waals surface area contributed by atoms with Gasteiger partial charge in [-0.3, -0.25) is 0 Å². The quantitative estimate of drug-likeness (QED) is 0.830. The maximum Gasteiger partial charge on any atom is 0.316 e. The van der Waals surface area contributed by atoms with Crippen LogP contribution in [0.3, 0.4) is 0 Å². The predicted molar refractivity (Wildman–Crippen MR) is 90.3 cm³/mol. The van der Waals surface area contributed by atoms with Crippen LogP contribution >= 0.6 is 0 Å². The molecule has 6 nitrogen and oxygen atoms in total. The zero-order chi connectivity index (χ0) is 17.0. The molecular formula is C17H21N3O3S. The van der Waals surface area contributed by atoms with E-state index in [9.17, 15) is 8.42 Å². The van der Waals surface area contributed by atoms with Gasteiger partial charge in [-0.25, -0.2) is 18.4 Å². The molecule has 0 aliphatic carbocycles. The van der Waals surface area contributed by atoms with E-state index in [-0.39, 0.29) is 6.10 Å². The van der Waals surface area contributed by atoms with E-state index in [1.54, 1.807) is 30.6 Å². The summed E-state index contributed by atoms with van der Waals surface area (Å²) < 4.78 is 32.7. The van der Waals surface area contributed by atoms with Gasteiger partial charge in [0.05, 0.1) is 4.90 Å². The smallest absolute Gasteiger partial charge is 0.316 e. The van der Waals surface area contributed by atoms with E-state index in [4.69, 9.17) is 4.74 Å². The Kier molecular flexibility index (Phi) is 5.11. The zero-order valence-electron chi connectivity index (χ0n) is 13.6. The molecule has 0 radical (unpaired) electrons. The summed E-state index contributed by atoms with van der Waals surface area (Å²) in [6.07, 6.45) is 5.35.